The molecule has 0 saturated carbocycles. The van der Waals surface area contributed by atoms with Gasteiger partial charge in [0.1, 0.15) is 0 Å². The fraction of sp³-hybridized carbons (Fsp3) is 0. The Morgan fingerprint density at radius 3 is 1.40 bits per heavy atom. The number of aliphatic imine (C=N–C) groups is 4. The van der Waals surface area contributed by atoms with E-state index in [0.29, 0.717) is 45.6 Å². The summed E-state index contributed by atoms with van der Waals surface area (Å²) >= 11 is 0. The smallest absolute Gasteiger partial charge is 1.00 e. The first kappa shape index (κ1) is 33.6. The van der Waals surface area contributed by atoms with Crippen LogP contribution in [0.4, 0.5) is 22.7 Å². The summed E-state index contributed by atoms with van der Waals surface area (Å²) < 4.78 is 0. The van der Waals surface area contributed by atoms with Crippen LogP contribution in [0.5, 0.6) is 0 Å². The van der Waals surface area contributed by atoms with Crippen LogP contribution in [0.1, 0.15) is 25.1 Å². The van der Waals surface area contributed by atoms with Gasteiger partial charge in [-0.3, -0.25) is 0 Å². The van der Waals surface area contributed by atoms with Crippen molar-refractivity contribution in [2.75, 3.05) is 22.9 Å². The first-order chi connectivity index (χ1) is 25.4. The molecule has 0 atom stereocenters. The van der Waals surface area contributed by atoms with Crippen LogP contribution in [0, 0.1) is 0 Å². The molecular weight excluding hydrogens is 665 g/mol. The predicted molar refractivity (Wildman–Crippen MR) is 225 cm³/mol. The largest absolute Gasteiger partial charge is 2.00 e. The van der Waals surface area contributed by atoms with Gasteiger partial charge in [-0.15, -0.1) is 0 Å². The van der Waals surface area contributed by atoms with Gasteiger partial charge in [0.2, 0.25) is 0 Å². The first-order valence-electron chi connectivity index (χ1n) is 16.9. The van der Waals surface area contributed by atoms with E-state index in [0.717, 1.165) is 67.4 Å². The summed E-state index contributed by atoms with van der Waals surface area (Å²) in [5.74, 6) is 0. The van der Waals surface area contributed by atoms with Gasteiger partial charge >= 0.3 is 23.1 Å². The number of rotatable bonds is 4. The fourth-order valence-electron chi connectivity index (χ4n) is 7.04. The molecule has 8 nitrogen and oxygen atoms in total. The third kappa shape index (κ3) is 6.01. The van der Waals surface area contributed by atoms with E-state index in [1.165, 1.54) is 0 Å². The van der Waals surface area contributed by atoms with Crippen LogP contribution in [0.15, 0.2) is 188 Å². The normalized spacial score (nSPS) is 17.1. The Morgan fingerprint density at radius 2 is 0.849 bits per heavy atom. The van der Waals surface area contributed by atoms with E-state index in [-0.39, 0.29) is 25.9 Å². The van der Waals surface area contributed by atoms with Gasteiger partial charge in [-0.05, 0) is 72.9 Å². The molecule has 9 rings (SSSR count). The van der Waals surface area contributed by atoms with Crippen molar-refractivity contribution in [3.63, 3.8) is 0 Å². The van der Waals surface area contributed by atoms with Crippen LogP contribution in [0.25, 0.3) is 22.3 Å². The summed E-state index contributed by atoms with van der Waals surface area (Å²) in [6, 6.07) is 31.2. The summed E-state index contributed by atoms with van der Waals surface area (Å²) in [5.41, 5.74) is 41.7. The van der Waals surface area contributed by atoms with Crippen molar-refractivity contribution < 1.29 is 2.85 Å². The molecule has 8 N–H and O–H groups in total. The van der Waals surface area contributed by atoms with Gasteiger partial charge in [0.15, 0.2) is 0 Å². The minimum absolute atomic E-state index is 0. The number of nitrogens with two attached hydrogens (primary N) is 4. The minimum atomic E-state index is 0. The monoisotopic (exact) mass is 698 g/mol. The molecule has 4 aromatic rings. The molecule has 4 aromatic carbocycles. The van der Waals surface area contributed by atoms with Gasteiger partial charge in [0, 0.05) is 67.3 Å². The third-order valence-corrected chi connectivity index (χ3v) is 9.42. The van der Waals surface area contributed by atoms with Crippen molar-refractivity contribution in [2.45, 2.75) is 0 Å². The van der Waals surface area contributed by atoms with Crippen molar-refractivity contribution >= 4 is 90.9 Å². The molecule has 9 heteroatoms. The number of hydrogen-bond acceptors (Lipinski definition) is 8. The van der Waals surface area contributed by atoms with E-state index < -0.39 is 0 Å². The van der Waals surface area contributed by atoms with E-state index in [9.17, 15) is 0 Å². The minimum Gasteiger partial charge on any atom is -1.00 e. The molecule has 0 aromatic heterocycles. The Bertz CT molecular complexity index is 2670. The maximum Gasteiger partial charge on any atom is 2.00 e. The van der Waals surface area contributed by atoms with E-state index in [1.807, 2.05) is 146 Å². The quantitative estimate of drug-likeness (QED) is 0.127. The van der Waals surface area contributed by atoms with Crippen LogP contribution >= 0.6 is 0 Å². The van der Waals surface area contributed by atoms with Crippen LogP contribution < -0.4 is 22.9 Å². The molecule has 0 unspecified atom stereocenters. The third-order valence-electron chi connectivity index (χ3n) is 9.42. The number of para-hydroxylation sites is 4. The van der Waals surface area contributed by atoms with E-state index in [1.54, 1.807) is 0 Å². The zero-order valence-electron chi connectivity index (χ0n) is 30.7. The first-order valence-corrected chi connectivity index (χ1v) is 16.9. The molecule has 0 spiro atoms. The van der Waals surface area contributed by atoms with Crippen molar-refractivity contribution in [2.24, 2.45) is 20.0 Å². The molecule has 252 valence electrons. The fourth-order valence-corrected chi connectivity index (χ4v) is 7.04. The number of nitrogen functional groups attached to an aromatic ring is 4. The van der Waals surface area contributed by atoms with E-state index >= 15 is 0 Å². The number of allylic oxidation sites excluding steroid dienone is 12. The summed E-state index contributed by atoms with van der Waals surface area (Å²) in [6.07, 6.45) is 15.9. The van der Waals surface area contributed by atoms with E-state index in [4.69, 9.17) is 42.9 Å². The molecule has 5 aliphatic rings. The summed E-state index contributed by atoms with van der Waals surface area (Å²) in [6.45, 7) is 0. The summed E-state index contributed by atoms with van der Waals surface area (Å²) in [4.78, 5) is 20.6. The number of anilines is 4. The Balaban J connectivity index is 0.00000171. The molecule has 5 aliphatic heterocycles. The molecule has 0 radical (unpaired) electrons. The molecule has 0 aliphatic carbocycles. The Kier molecular flexibility index (Phi) is 8.58. The van der Waals surface area contributed by atoms with Gasteiger partial charge in [-0.1, -0.05) is 72.8 Å². The molecule has 0 amide bonds. The zero-order chi connectivity index (χ0) is 35.3. The van der Waals surface area contributed by atoms with Crippen LogP contribution in [-0.4, -0.2) is 45.9 Å². The second-order valence-corrected chi connectivity index (χ2v) is 12.8. The predicted octanol–water partition coefficient (Wildman–Crippen LogP) is 7.86. The van der Waals surface area contributed by atoms with Crippen LogP contribution in [0.2, 0.25) is 0 Å². The van der Waals surface area contributed by atoms with Crippen molar-refractivity contribution in [3.8, 4) is 0 Å². The second kappa shape index (κ2) is 13.5. The van der Waals surface area contributed by atoms with Gasteiger partial charge in [-0.2, -0.15) is 0 Å². The summed E-state index contributed by atoms with van der Waals surface area (Å²) in [5, 5.41) is 0. The van der Waals surface area contributed by atoms with Gasteiger partial charge in [-0.25, -0.2) is 20.0 Å². The topological polar surface area (TPSA) is 154 Å². The SMILES string of the molecule is Nc1ccccc1C1=CC2=CC3=NC(=CC4=NC(=CC5=NC(=C(c6ccccc6N)C1=N2)C(c1ccccc1N)=C5c1ccccc1N)C=C4)C=C3.[H-].[H-].[Mg+2]. The number of benzene rings is 4. The maximum atomic E-state index is 6.88. The number of nitrogens with zero attached hydrogens (tertiary/aromatic N) is 4. The Morgan fingerprint density at radius 1 is 0.396 bits per heavy atom. The zero-order valence-corrected chi connectivity index (χ0v) is 30.1. The number of hydrogen-bond donors (Lipinski definition) is 4. The Labute approximate surface area is 326 Å². The average Bonchev–Trinajstić information content (AvgIpc) is 3.95. The standard InChI is InChI=1S/C44H32N8.Mg.2H/c45-35-13-5-1-9-30(35)34-23-29-22-27-18-17-25(49-27)21-26-19-20-28(50-26)24-39-40(31-10-2-6-14-36(31)46)41(32-11-3-7-15-37(32)47)44(52-39)42(43(34)51-29)33-12-4-8-16-38(33)48;;;/h1-24H,45-48H2;;;/q;+2;2*-1. The molecular formula is C44H34MgN8. The molecule has 0 saturated heterocycles. The van der Waals surface area contributed by atoms with Crippen LogP contribution in [0.3, 0.4) is 0 Å². The Hall–Kier alpha value is -6.55. The van der Waals surface area contributed by atoms with Crippen molar-refractivity contribution in [1.82, 2.24) is 0 Å². The molecule has 8 bridgehead atoms. The molecule has 0 fully saturated rings. The molecule has 5 heterocycles. The van der Waals surface area contributed by atoms with E-state index in [2.05, 4.69) is 0 Å². The van der Waals surface area contributed by atoms with Crippen molar-refractivity contribution in [1.29, 1.82) is 0 Å². The average molecular weight is 699 g/mol. The second-order valence-electron chi connectivity index (χ2n) is 12.8. The van der Waals surface area contributed by atoms with Gasteiger partial charge in [0.25, 0.3) is 0 Å². The van der Waals surface area contributed by atoms with Crippen molar-refractivity contribution in [3.05, 3.63) is 191 Å². The number of fused-ring (bicyclic) bond motifs is 4. The molecule has 53 heavy (non-hydrogen) atoms. The maximum absolute atomic E-state index is 6.88. The van der Waals surface area contributed by atoms with Gasteiger partial charge in [0.05, 0.1) is 45.6 Å². The summed E-state index contributed by atoms with van der Waals surface area (Å²) in [7, 11) is 0. The van der Waals surface area contributed by atoms with Crippen LogP contribution in [-0.2, 0) is 0 Å². The van der Waals surface area contributed by atoms with Gasteiger partial charge < -0.3 is 25.8 Å².